The molecule has 7 heteroatoms. The summed E-state index contributed by atoms with van der Waals surface area (Å²) in [5, 5.41) is 6.47. The Kier molecular flexibility index (Phi) is 3.72. The second kappa shape index (κ2) is 5.90. The molecule has 1 fully saturated rings. The van der Waals surface area contributed by atoms with Gasteiger partial charge in [-0.1, -0.05) is 6.07 Å². The Hall–Kier alpha value is -2.41. The number of carbonyl (C=O) groups excluding carboxylic acids is 1. The number of fused-ring (bicyclic) bond motifs is 1. The second-order valence-electron chi connectivity index (χ2n) is 6.21. The van der Waals surface area contributed by atoms with Crippen molar-refractivity contribution in [1.29, 1.82) is 0 Å². The molecule has 1 amide bonds. The molecule has 0 aliphatic carbocycles. The quantitative estimate of drug-likeness (QED) is 0.777. The lowest BCUT2D eigenvalue weighted by Gasteiger charge is -2.33. The van der Waals surface area contributed by atoms with Crippen LogP contribution in [0.4, 0.5) is 5.69 Å². The van der Waals surface area contributed by atoms with Crippen LogP contribution in [0, 0.1) is 0 Å². The lowest BCUT2D eigenvalue weighted by Crippen LogP contribution is -2.42. The van der Waals surface area contributed by atoms with Crippen molar-refractivity contribution in [1.82, 2.24) is 19.5 Å². The molecule has 24 heavy (non-hydrogen) atoms. The van der Waals surface area contributed by atoms with E-state index >= 15 is 0 Å². The van der Waals surface area contributed by atoms with Gasteiger partial charge in [-0.2, -0.15) is 0 Å². The highest BCUT2D eigenvalue weighted by Crippen LogP contribution is 2.25. The number of carbonyl (C=O) groups is 1. The number of hydrogen-bond acceptors (Lipinski definition) is 5. The predicted molar refractivity (Wildman–Crippen MR) is 95.1 cm³/mol. The Morgan fingerprint density at radius 2 is 2.29 bits per heavy atom. The van der Waals surface area contributed by atoms with Crippen LogP contribution < -0.4 is 5.73 Å². The average molecular weight is 341 g/mol. The van der Waals surface area contributed by atoms with Gasteiger partial charge in [-0.3, -0.25) is 4.79 Å². The molecule has 124 valence electrons. The van der Waals surface area contributed by atoms with Crippen LogP contribution in [0.3, 0.4) is 0 Å². The highest BCUT2D eigenvalue weighted by atomic mass is 32.1. The van der Waals surface area contributed by atoms with E-state index in [-0.39, 0.29) is 11.9 Å². The van der Waals surface area contributed by atoms with Crippen LogP contribution in [-0.4, -0.2) is 38.0 Å². The van der Waals surface area contributed by atoms with Gasteiger partial charge < -0.3 is 10.6 Å². The zero-order valence-corrected chi connectivity index (χ0v) is 14.3. The van der Waals surface area contributed by atoms with Crippen molar-refractivity contribution in [3.05, 3.63) is 35.3 Å². The number of anilines is 1. The highest BCUT2D eigenvalue weighted by Gasteiger charge is 2.25. The third-order valence-corrected chi connectivity index (χ3v) is 5.38. The molecule has 0 radical (unpaired) electrons. The maximum Gasteiger partial charge on any atom is 0.255 e. The van der Waals surface area contributed by atoms with Gasteiger partial charge in [-0.25, -0.2) is 9.50 Å². The topological polar surface area (TPSA) is 76.5 Å². The lowest BCUT2D eigenvalue weighted by atomic mass is 10.0. The Labute approximate surface area is 143 Å². The van der Waals surface area contributed by atoms with Gasteiger partial charge in [0.1, 0.15) is 0 Å². The molecule has 6 nitrogen and oxygen atoms in total. The zero-order valence-electron chi connectivity index (χ0n) is 13.5. The molecular formula is C17H19N5OS. The van der Waals surface area contributed by atoms with Crippen LogP contribution in [-0.2, 0) is 0 Å². The van der Waals surface area contributed by atoms with Gasteiger partial charge in [0.2, 0.25) is 0 Å². The summed E-state index contributed by atoms with van der Waals surface area (Å²) in [5.41, 5.74) is 7.76. The number of nitrogens with zero attached hydrogens (tertiary/aromatic N) is 4. The molecule has 1 unspecified atom stereocenters. The fourth-order valence-electron chi connectivity index (χ4n) is 3.20. The summed E-state index contributed by atoms with van der Waals surface area (Å²) in [6, 6.07) is 5.91. The monoisotopic (exact) mass is 341 g/mol. The molecule has 4 heterocycles. The average Bonchev–Trinajstić information content (AvgIpc) is 3.23. The maximum atomic E-state index is 12.9. The van der Waals surface area contributed by atoms with Crippen molar-refractivity contribution in [3.8, 4) is 10.7 Å². The van der Waals surface area contributed by atoms with Crippen molar-refractivity contribution >= 4 is 28.6 Å². The van der Waals surface area contributed by atoms with Crippen molar-refractivity contribution in [2.24, 2.45) is 0 Å². The number of nitrogen functional groups attached to an aromatic ring is 1. The van der Waals surface area contributed by atoms with Gasteiger partial charge in [0, 0.05) is 18.8 Å². The van der Waals surface area contributed by atoms with E-state index in [1.165, 1.54) is 6.42 Å². The van der Waals surface area contributed by atoms with E-state index in [4.69, 9.17) is 5.73 Å². The fraction of sp³-hybridized carbons (Fsp3) is 0.353. The van der Waals surface area contributed by atoms with E-state index in [2.05, 4.69) is 17.0 Å². The first-order chi connectivity index (χ1) is 11.6. The molecule has 1 saturated heterocycles. The predicted octanol–water partition coefficient (Wildman–Crippen LogP) is 3.05. The molecule has 0 bridgehead atoms. The standard InChI is InChI=1S/C17H19N5OS/c1-11-5-2-3-7-21(11)17(23)12-9-13(18)16-19-15(20-22(16)10-12)14-6-4-8-24-14/h4,6,8-11H,2-3,5,7,18H2,1H3. The largest absolute Gasteiger partial charge is 0.396 e. The molecule has 0 aromatic carbocycles. The van der Waals surface area contributed by atoms with Gasteiger partial charge in [0.15, 0.2) is 11.5 Å². The van der Waals surface area contributed by atoms with Crippen LogP contribution in [0.15, 0.2) is 29.8 Å². The summed E-state index contributed by atoms with van der Waals surface area (Å²) in [4.78, 5) is 20.3. The van der Waals surface area contributed by atoms with Crippen molar-refractivity contribution < 1.29 is 4.79 Å². The molecule has 2 N–H and O–H groups in total. The number of likely N-dealkylation sites (tertiary alicyclic amines) is 1. The van der Waals surface area contributed by atoms with Gasteiger partial charge in [-0.05, 0) is 43.7 Å². The Bertz CT molecular complexity index is 886. The van der Waals surface area contributed by atoms with Gasteiger partial charge >= 0.3 is 0 Å². The first-order valence-corrected chi connectivity index (χ1v) is 9.02. The summed E-state index contributed by atoms with van der Waals surface area (Å²) in [6.07, 6.45) is 5.02. The van der Waals surface area contributed by atoms with E-state index in [1.807, 2.05) is 22.4 Å². The van der Waals surface area contributed by atoms with Crippen molar-refractivity contribution in [2.75, 3.05) is 12.3 Å². The number of piperidine rings is 1. The number of hydrogen-bond donors (Lipinski definition) is 1. The van der Waals surface area contributed by atoms with Crippen LogP contribution in [0.2, 0.25) is 0 Å². The SMILES string of the molecule is CC1CCCCN1C(=O)c1cc(N)c2nc(-c3cccs3)nn2c1. The van der Waals surface area contributed by atoms with Crippen LogP contribution in [0.25, 0.3) is 16.3 Å². The first-order valence-electron chi connectivity index (χ1n) is 8.14. The molecule has 3 aromatic heterocycles. The minimum absolute atomic E-state index is 0.0176. The molecular weight excluding hydrogens is 322 g/mol. The van der Waals surface area contributed by atoms with Crippen molar-refractivity contribution in [2.45, 2.75) is 32.2 Å². The minimum Gasteiger partial charge on any atom is -0.396 e. The third kappa shape index (κ3) is 2.54. The number of nitrogens with two attached hydrogens (primary N) is 1. The highest BCUT2D eigenvalue weighted by molar-refractivity contribution is 7.13. The van der Waals surface area contributed by atoms with Crippen LogP contribution in [0.1, 0.15) is 36.5 Å². The smallest absolute Gasteiger partial charge is 0.255 e. The van der Waals surface area contributed by atoms with Gasteiger partial charge in [0.25, 0.3) is 5.91 Å². The molecule has 1 aliphatic rings. The van der Waals surface area contributed by atoms with Crippen LogP contribution in [0.5, 0.6) is 0 Å². The Morgan fingerprint density at radius 3 is 3.04 bits per heavy atom. The van der Waals surface area contributed by atoms with E-state index in [0.29, 0.717) is 22.7 Å². The summed E-state index contributed by atoms with van der Waals surface area (Å²) < 4.78 is 1.62. The summed E-state index contributed by atoms with van der Waals surface area (Å²) in [6.45, 7) is 2.90. The summed E-state index contributed by atoms with van der Waals surface area (Å²) in [5.74, 6) is 0.650. The lowest BCUT2D eigenvalue weighted by molar-refractivity contribution is 0.0635. The number of amides is 1. The van der Waals surface area contributed by atoms with E-state index in [9.17, 15) is 4.79 Å². The summed E-state index contributed by atoms with van der Waals surface area (Å²) in [7, 11) is 0. The normalized spacial score (nSPS) is 18.2. The zero-order chi connectivity index (χ0) is 16.7. The maximum absolute atomic E-state index is 12.9. The van der Waals surface area contributed by atoms with Gasteiger partial charge in [-0.15, -0.1) is 16.4 Å². The number of aromatic nitrogens is 3. The molecule has 0 saturated carbocycles. The Morgan fingerprint density at radius 1 is 1.42 bits per heavy atom. The summed E-state index contributed by atoms with van der Waals surface area (Å²) >= 11 is 1.58. The minimum atomic E-state index is 0.0176. The molecule has 4 rings (SSSR count). The second-order valence-corrected chi connectivity index (χ2v) is 7.16. The Balaban J connectivity index is 1.73. The van der Waals surface area contributed by atoms with E-state index in [0.717, 1.165) is 24.3 Å². The fourth-order valence-corrected chi connectivity index (χ4v) is 3.86. The van der Waals surface area contributed by atoms with Crippen LogP contribution >= 0.6 is 11.3 Å². The number of thiophene rings is 1. The molecule has 1 aliphatic heterocycles. The van der Waals surface area contributed by atoms with E-state index < -0.39 is 0 Å². The first kappa shape index (κ1) is 15.1. The van der Waals surface area contributed by atoms with Gasteiger partial charge in [0.05, 0.1) is 16.1 Å². The van der Waals surface area contributed by atoms with E-state index in [1.54, 1.807) is 28.1 Å². The third-order valence-electron chi connectivity index (χ3n) is 4.51. The molecule has 0 spiro atoms. The molecule has 3 aromatic rings. The number of rotatable bonds is 2. The number of pyridine rings is 1. The molecule has 1 atom stereocenters. The van der Waals surface area contributed by atoms with Crippen molar-refractivity contribution in [3.63, 3.8) is 0 Å².